The Morgan fingerprint density at radius 2 is 2.09 bits per heavy atom. The van der Waals surface area contributed by atoms with Crippen LogP contribution in [0.3, 0.4) is 0 Å². The number of oxazole rings is 1. The van der Waals surface area contributed by atoms with E-state index in [0.717, 1.165) is 5.56 Å². The number of carbonyl (C=O) groups excluding carboxylic acids is 1. The van der Waals surface area contributed by atoms with Gasteiger partial charge in [-0.2, -0.15) is 5.26 Å². The highest BCUT2D eigenvalue weighted by Crippen LogP contribution is 2.38. The van der Waals surface area contributed by atoms with Crippen molar-refractivity contribution in [2.24, 2.45) is 0 Å². The number of aliphatic hydroxyl groups is 1. The summed E-state index contributed by atoms with van der Waals surface area (Å²) in [6.45, 7) is 1.61. The van der Waals surface area contributed by atoms with Crippen molar-refractivity contribution >= 4 is 22.6 Å². The Kier molecular flexibility index (Phi) is 4.81. The number of methoxy groups -OCH3 is 1. The van der Waals surface area contributed by atoms with Gasteiger partial charge in [0.15, 0.2) is 11.1 Å². The van der Waals surface area contributed by atoms with Gasteiger partial charge < -0.3 is 19.6 Å². The molecule has 1 aromatic heterocycles. The summed E-state index contributed by atoms with van der Waals surface area (Å²) < 4.78 is 11.3. The second-order valence-electron chi connectivity index (χ2n) is 7.76. The van der Waals surface area contributed by atoms with Gasteiger partial charge in [-0.1, -0.05) is 30.3 Å². The molecule has 1 amide bonds. The minimum atomic E-state index is -0.582. The van der Waals surface area contributed by atoms with Gasteiger partial charge in [0.2, 0.25) is 5.89 Å². The van der Waals surface area contributed by atoms with Crippen molar-refractivity contribution in [3.63, 3.8) is 0 Å². The van der Waals surface area contributed by atoms with Crippen LogP contribution < -0.4 is 15.5 Å². The summed E-state index contributed by atoms with van der Waals surface area (Å²) in [5.41, 5.74) is 6.34. The van der Waals surface area contributed by atoms with Gasteiger partial charge in [-0.25, -0.2) is 15.4 Å². The average Bonchev–Trinajstić information content (AvgIpc) is 3.40. The molecule has 32 heavy (non-hydrogen) atoms. The first-order chi connectivity index (χ1) is 15.5. The largest absolute Gasteiger partial charge is 0.494 e. The average molecular weight is 431 g/mol. The Balaban J connectivity index is 1.57. The zero-order valence-electron chi connectivity index (χ0n) is 17.5. The number of nitrogens with one attached hydrogen (secondary N) is 2. The summed E-state index contributed by atoms with van der Waals surface area (Å²) >= 11 is 0. The second kappa shape index (κ2) is 7.67. The lowest BCUT2D eigenvalue weighted by Gasteiger charge is -2.34. The number of nitrogens with zero attached hydrogens (tertiary/aromatic N) is 3. The molecule has 2 aromatic carbocycles. The van der Waals surface area contributed by atoms with Gasteiger partial charge in [-0.3, -0.25) is 4.79 Å². The van der Waals surface area contributed by atoms with Crippen molar-refractivity contribution in [1.29, 1.82) is 5.26 Å². The molecule has 3 N–H and O–H groups in total. The highest BCUT2D eigenvalue weighted by molar-refractivity contribution is 6.20. The van der Waals surface area contributed by atoms with Gasteiger partial charge in [-0.15, -0.1) is 0 Å². The maximum atomic E-state index is 13.5. The summed E-state index contributed by atoms with van der Waals surface area (Å²) in [6.07, 6.45) is -0.432. The number of ether oxygens (including phenoxy) is 1. The monoisotopic (exact) mass is 431 g/mol. The van der Waals surface area contributed by atoms with E-state index in [-0.39, 0.29) is 29.9 Å². The van der Waals surface area contributed by atoms with Crippen LogP contribution in [0.25, 0.3) is 16.7 Å². The number of aliphatic hydroxyl groups excluding tert-OH is 1. The van der Waals surface area contributed by atoms with Crippen molar-refractivity contribution in [2.75, 3.05) is 7.11 Å². The predicted octanol–water partition coefficient (Wildman–Crippen LogP) is 2.01. The third-order valence-corrected chi connectivity index (χ3v) is 5.89. The Hall–Kier alpha value is -3.87. The van der Waals surface area contributed by atoms with E-state index in [4.69, 9.17) is 9.15 Å². The number of hydrazine groups is 1. The normalized spacial score (nSPS) is 22.6. The zero-order valence-corrected chi connectivity index (χ0v) is 17.5. The van der Waals surface area contributed by atoms with Crippen LogP contribution in [0.1, 0.15) is 29.9 Å². The molecular weight excluding hydrogens is 410 g/mol. The number of allylic oxidation sites excluding steroid dienone is 1. The van der Waals surface area contributed by atoms with Crippen LogP contribution in [-0.4, -0.2) is 40.3 Å². The number of benzene rings is 2. The molecule has 3 aromatic rings. The summed E-state index contributed by atoms with van der Waals surface area (Å²) in [4.78, 5) is 18.0. The molecule has 1 saturated heterocycles. The Morgan fingerprint density at radius 3 is 2.78 bits per heavy atom. The summed E-state index contributed by atoms with van der Waals surface area (Å²) in [6, 6.07) is 14.7. The van der Waals surface area contributed by atoms with Gasteiger partial charge in [0.1, 0.15) is 23.5 Å². The molecule has 5 rings (SSSR count). The Labute approximate surface area is 183 Å². The van der Waals surface area contributed by atoms with Crippen LogP contribution in [0.4, 0.5) is 0 Å². The third-order valence-electron chi connectivity index (χ3n) is 5.89. The molecular formula is C23H21N5O4. The quantitative estimate of drug-likeness (QED) is 0.573. The zero-order chi connectivity index (χ0) is 22.4. The van der Waals surface area contributed by atoms with Gasteiger partial charge in [-0.05, 0) is 30.2 Å². The molecule has 2 aliphatic rings. The van der Waals surface area contributed by atoms with Gasteiger partial charge >= 0.3 is 0 Å². The van der Waals surface area contributed by atoms with Gasteiger partial charge in [0, 0.05) is 5.70 Å². The van der Waals surface area contributed by atoms with Crippen molar-refractivity contribution in [1.82, 2.24) is 20.7 Å². The number of rotatable bonds is 4. The van der Waals surface area contributed by atoms with Crippen LogP contribution in [0.2, 0.25) is 0 Å². The van der Waals surface area contributed by atoms with E-state index in [0.29, 0.717) is 28.1 Å². The molecule has 3 heterocycles. The lowest BCUT2D eigenvalue weighted by atomic mass is 9.90. The minimum absolute atomic E-state index is 0.139. The molecule has 162 valence electrons. The molecule has 0 aliphatic carbocycles. The topological polar surface area (TPSA) is 124 Å². The smallest absolute Gasteiger partial charge is 0.277 e. The van der Waals surface area contributed by atoms with Crippen molar-refractivity contribution in [2.45, 2.75) is 31.7 Å². The molecule has 0 radical (unpaired) electrons. The molecule has 0 bridgehead atoms. The molecule has 9 heteroatoms. The Bertz CT molecular complexity index is 1280. The van der Waals surface area contributed by atoms with Gasteiger partial charge in [0.05, 0.1) is 25.7 Å². The van der Waals surface area contributed by atoms with Gasteiger partial charge in [0.25, 0.3) is 5.91 Å². The van der Waals surface area contributed by atoms with E-state index >= 15 is 0 Å². The standard InChI is InChI=1S/C23H21N5O4/c1-12-18(22-26-20-16(31-2)8-13(11-29)9-17(20)32-22)23(30)28-21(25-12)19(15(10-24)27-28)14-6-4-3-5-7-14/h3-9,15,19,21,25,27,29H,11H2,1-2H3. The highest BCUT2D eigenvalue weighted by Gasteiger charge is 2.49. The Morgan fingerprint density at radius 1 is 1.31 bits per heavy atom. The van der Waals surface area contributed by atoms with Crippen LogP contribution >= 0.6 is 0 Å². The number of carbonyl (C=O) groups is 1. The molecule has 3 unspecified atom stereocenters. The fourth-order valence-corrected chi connectivity index (χ4v) is 4.39. The molecule has 2 aliphatic heterocycles. The SMILES string of the molecule is COc1cc(CO)cc2oc(C3=C(C)NC4C(c5ccccc5)C(C#N)NN4C3=O)nc12. The van der Waals surface area contributed by atoms with Crippen molar-refractivity contribution in [3.8, 4) is 11.8 Å². The van der Waals surface area contributed by atoms with E-state index in [1.807, 2.05) is 30.3 Å². The second-order valence-corrected chi connectivity index (χ2v) is 7.76. The summed E-state index contributed by atoms with van der Waals surface area (Å²) in [7, 11) is 1.51. The van der Waals surface area contributed by atoms with E-state index in [1.165, 1.54) is 12.1 Å². The minimum Gasteiger partial charge on any atom is -0.494 e. The molecule has 0 spiro atoms. The number of hydrogen-bond acceptors (Lipinski definition) is 8. The number of hydrogen-bond donors (Lipinski definition) is 3. The van der Waals surface area contributed by atoms with E-state index in [9.17, 15) is 15.2 Å². The maximum Gasteiger partial charge on any atom is 0.277 e. The van der Waals surface area contributed by atoms with Crippen LogP contribution in [-0.2, 0) is 11.4 Å². The van der Waals surface area contributed by atoms with Crippen LogP contribution in [0.15, 0.2) is 52.6 Å². The van der Waals surface area contributed by atoms with Crippen molar-refractivity contribution in [3.05, 3.63) is 65.2 Å². The first-order valence-electron chi connectivity index (χ1n) is 10.2. The van der Waals surface area contributed by atoms with E-state index < -0.39 is 12.2 Å². The molecule has 0 saturated carbocycles. The predicted molar refractivity (Wildman–Crippen MR) is 115 cm³/mol. The molecule has 1 fully saturated rings. The first kappa shape index (κ1) is 20.1. The number of nitriles is 1. The fraction of sp³-hybridized carbons (Fsp3) is 0.261. The lowest BCUT2D eigenvalue weighted by molar-refractivity contribution is -0.130. The summed E-state index contributed by atoms with van der Waals surface area (Å²) in [5.74, 6) is -0.00230. The maximum absolute atomic E-state index is 13.5. The first-order valence-corrected chi connectivity index (χ1v) is 10.2. The third kappa shape index (κ3) is 3.00. The summed E-state index contributed by atoms with van der Waals surface area (Å²) in [5, 5.41) is 24.0. The number of fused-ring (bicyclic) bond motifs is 2. The molecule has 9 nitrogen and oxygen atoms in total. The van der Waals surface area contributed by atoms with Crippen LogP contribution in [0.5, 0.6) is 5.75 Å². The lowest BCUT2D eigenvalue weighted by Crippen LogP contribution is -2.54. The highest BCUT2D eigenvalue weighted by atomic mass is 16.5. The van der Waals surface area contributed by atoms with Crippen molar-refractivity contribution < 1.29 is 19.1 Å². The van der Waals surface area contributed by atoms with E-state index in [1.54, 1.807) is 19.1 Å². The number of amides is 1. The van der Waals surface area contributed by atoms with Crippen LogP contribution in [0, 0.1) is 11.3 Å². The molecule has 3 atom stereocenters. The van der Waals surface area contributed by atoms with E-state index in [2.05, 4.69) is 21.8 Å². The number of aromatic nitrogens is 1. The fourth-order valence-electron chi connectivity index (χ4n) is 4.39.